The van der Waals surface area contributed by atoms with Crippen LogP contribution in [0.3, 0.4) is 0 Å². The van der Waals surface area contributed by atoms with E-state index in [9.17, 15) is 4.79 Å². The lowest BCUT2D eigenvalue weighted by Crippen LogP contribution is -2.38. The van der Waals surface area contributed by atoms with Gasteiger partial charge in [-0.25, -0.2) is 4.98 Å². The van der Waals surface area contributed by atoms with Crippen molar-refractivity contribution in [1.82, 2.24) is 24.6 Å². The van der Waals surface area contributed by atoms with Gasteiger partial charge in [0, 0.05) is 31.2 Å². The largest absolute Gasteiger partial charge is 0.332 e. The SMILES string of the molecule is Cc1[nH]ncc1C(=O)N1CCn2ccnc2C1. The van der Waals surface area contributed by atoms with Crippen LogP contribution in [-0.2, 0) is 13.1 Å². The second kappa shape index (κ2) is 3.73. The number of aromatic amines is 1. The Labute approximate surface area is 98.3 Å². The van der Waals surface area contributed by atoms with Crippen molar-refractivity contribution < 1.29 is 4.79 Å². The Bertz CT molecular complexity index is 556. The van der Waals surface area contributed by atoms with E-state index in [0.29, 0.717) is 18.7 Å². The first-order valence-electron chi connectivity index (χ1n) is 5.55. The number of carbonyl (C=O) groups excluding carboxylic acids is 1. The Balaban J connectivity index is 1.84. The second-order valence-electron chi connectivity index (χ2n) is 4.17. The van der Waals surface area contributed by atoms with Gasteiger partial charge in [0.05, 0.1) is 18.3 Å². The van der Waals surface area contributed by atoms with Gasteiger partial charge in [0.2, 0.25) is 0 Å². The predicted octanol–water partition coefficient (Wildman–Crippen LogP) is 0.571. The van der Waals surface area contributed by atoms with Crippen LogP contribution in [0.5, 0.6) is 0 Å². The maximum Gasteiger partial charge on any atom is 0.257 e. The molecule has 6 heteroatoms. The Kier molecular flexibility index (Phi) is 2.21. The lowest BCUT2D eigenvalue weighted by molar-refractivity contribution is 0.0707. The molecular formula is C11H13N5O. The van der Waals surface area contributed by atoms with Crippen LogP contribution >= 0.6 is 0 Å². The molecule has 88 valence electrons. The Morgan fingerprint density at radius 3 is 3.12 bits per heavy atom. The molecule has 0 aromatic carbocycles. The summed E-state index contributed by atoms with van der Waals surface area (Å²) < 4.78 is 2.08. The molecule has 0 fully saturated rings. The van der Waals surface area contributed by atoms with E-state index >= 15 is 0 Å². The zero-order valence-corrected chi connectivity index (χ0v) is 9.55. The molecule has 0 radical (unpaired) electrons. The summed E-state index contributed by atoms with van der Waals surface area (Å²) in [4.78, 5) is 18.3. The van der Waals surface area contributed by atoms with E-state index in [1.165, 1.54) is 0 Å². The monoisotopic (exact) mass is 231 g/mol. The zero-order chi connectivity index (χ0) is 11.8. The molecule has 1 aliphatic rings. The first-order valence-corrected chi connectivity index (χ1v) is 5.55. The minimum Gasteiger partial charge on any atom is -0.332 e. The van der Waals surface area contributed by atoms with Crippen molar-refractivity contribution in [3.63, 3.8) is 0 Å². The quantitative estimate of drug-likeness (QED) is 0.780. The number of hydrogen-bond donors (Lipinski definition) is 1. The third kappa shape index (κ3) is 1.61. The molecule has 0 saturated heterocycles. The molecule has 3 heterocycles. The van der Waals surface area contributed by atoms with Gasteiger partial charge in [-0.15, -0.1) is 0 Å². The zero-order valence-electron chi connectivity index (χ0n) is 9.55. The molecule has 0 unspecified atom stereocenters. The summed E-state index contributed by atoms with van der Waals surface area (Å²) in [5, 5.41) is 6.66. The maximum atomic E-state index is 12.2. The minimum absolute atomic E-state index is 0.0190. The summed E-state index contributed by atoms with van der Waals surface area (Å²) in [6.07, 6.45) is 5.30. The second-order valence-corrected chi connectivity index (χ2v) is 4.17. The van der Waals surface area contributed by atoms with E-state index in [1.54, 1.807) is 17.3 Å². The highest BCUT2D eigenvalue weighted by atomic mass is 16.2. The third-order valence-corrected chi connectivity index (χ3v) is 3.09. The molecule has 3 rings (SSSR count). The van der Waals surface area contributed by atoms with Crippen LogP contribution in [0.2, 0.25) is 0 Å². The Hall–Kier alpha value is -2.11. The van der Waals surface area contributed by atoms with Gasteiger partial charge in [-0.2, -0.15) is 5.10 Å². The number of fused-ring (bicyclic) bond motifs is 1. The summed E-state index contributed by atoms with van der Waals surface area (Å²) in [6, 6.07) is 0. The molecule has 0 saturated carbocycles. The molecule has 1 aliphatic heterocycles. The van der Waals surface area contributed by atoms with Crippen molar-refractivity contribution in [2.24, 2.45) is 0 Å². The first-order chi connectivity index (χ1) is 8.25. The highest BCUT2D eigenvalue weighted by molar-refractivity contribution is 5.95. The number of hydrogen-bond acceptors (Lipinski definition) is 3. The average molecular weight is 231 g/mol. The number of nitrogens with one attached hydrogen (secondary N) is 1. The number of carbonyl (C=O) groups is 1. The van der Waals surface area contributed by atoms with Gasteiger partial charge in [-0.1, -0.05) is 0 Å². The predicted molar refractivity (Wildman–Crippen MR) is 60.3 cm³/mol. The number of rotatable bonds is 1. The molecule has 0 aliphatic carbocycles. The van der Waals surface area contributed by atoms with Crippen molar-refractivity contribution >= 4 is 5.91 Å². The summed E-state index contributed by atoms with van der Waals surface area (Å²) in [7, 11) is 0. The molecule has 1 N–H and O–H groups in total. The molecule has 2 aromatic rings. The van der Waals surface area contributed by atoms with E-state index in [0.717, 1.165) is 18.1 Å². The van der Waals surface area contributed by atoms with E-state index in [2.05, 4.69) is 19.7 Å². The van der Waals surface area contributed by atoms with E-state index in [4.69, 9.17) is 0 Å². The van der Waals surface area contributed by atoms with Crippen molar-refractivity contribution in [2.75, 3.05) is 6.54 Å². The molecule has 0 atom stereocenters. The molecule has 6 nitrogen and oxygen atoms in total. The van der Waals surface area contributed by atoms with Crippen LogP contribution in [0, 0.1) is 6.92 Å². The van der Waals surface area contributed by atoms with Crippen LogP contribution < -0.4 is 0 Å². The highest BCUT2D eigenvalue weighted by Gasteiger charge is 2.23. The summed E-state index contributed by atoms with van der Waals surface area (Å²) in [5.74, 6) is 0.955. The fraction of sp³-hybridized carbons (Fsp3) is 0.364. The molecule has 17 heavy (non-hydrogen) atoms. The topological polar surface area (TPSA) is 66.8 Å². The van der Waals surface area contributed by atoms with E-state index in [1.807, 2.05) is 13.1 Å². The molecule has 2 aromatic heterocycles. The van der Waals surface area contributed by atoms with Crippen LogP contribution in [0.4, 0.5) is 0 Å². The molecule has 1 amide bonds. The van der Waals surface area contributed by atoms with Crippen molar-refractivity contribution in [2.45, 2.75) is 20.0 Å². The number of aromatic nitrogens is 4. The van der Waals surface area contributed by atoms with E-state index in [-0.39, 0.29) is 5.91 Å². The fourth-order valence-electron chi connectivity index (χ4n) is 2.08. The van der Waals surface area contributed by atoms with Crippen LogP contribution in [0.25, 0.3) is 0 Å². The van der Waals surface area contributed by atoms with Gasteiger partial charge in [0.25, 0.3) is 5.91 Å². The maximum absolute atomic E-state index is 12.2. The van der Waals surface area contributed by atoms with Gasteiger partial charge in [-0.05, 0) is 6.92 Å². The summed E-state index contributed by atoms with van der Waals surface area (Å²) in [5.41, 5.74) is 1.45. The van der Waals surface area contributed by atoms with Crippen molar-refractivity contribution in [1.29, 1.82) is 0 Å². The van der Waals surface area contributed by atoms with Crippen molar-refractivity contribution in [3.05, 3.63) is 35.7 Å². The standard InChI is InChI=1S/C11H13N5O/c1-8-9(6-13-14-8)11(17)16-5-4-15-3-2-12-10(15)7-16/h2-3,6H,4-5,7H2,1H3,(H,13,14). The Morgan fingerprint density at radius 1 is 1.47 bits per heavy atom. The van der Waals surface area contributed by atoms with Gasteiger partial charge >= 0.3 is 0 Å². The normalized spacial score (nSPS) is 14.8. The lowest BCUT2D eigenvalue weighted by Gasteiger charge is -2.27. The van der Waals surface area contributed by atoms with E-state index < -0.39 is 0 Å². The molecule has 0 bridgehead atoms. The third-order valence-electron chi connectivity index (χ3n) is 3.09. The number of aryl methyl sites for hydroxylation is 1. The smallest absolute Gasteiger partial charge is 0.257 e. The number of amides is 1. The molecular weight excluding hydrogens is 218 g/mol. The van der Waals surface area contributed by atoms with Crippen LogP contribution in [-0.4, -0.2) is 37.1 Å². The number of H-pyrrole nitrogens is 1. The summed E-state index contributed by atoms with van der Waals surface area (Å²) >= 11 is 0. The van der Waals surface area contributed by atoms with Gasteiger partial charge < -0.3 is 9.47 Å². The number of imidazole rings is 1. The average Bonchev–Trinajstić information content (AvgIpc) is 2.95. The Morgan fingerprint density at radius 2 is 2.35 bits per heavy atom. The first kappa shape index (κ1) is 10.1. The van der Waals surface area contributed by atoms with Crippen LogP contribution in [0.15, 0.2) is 18.6 Å². The lowest BCUT2D eigenvalue weighted by atomic mass is 10.2. The van der Waals surface area contributed by atoms with Gasteiger partial charge in [0.1, 0.15) is 5.82 Å². The van der Waals surface area contributed by atoms with Crippen LogP contribution in [0.1, 0.15) is 21.9 Å². The van der Waals surface area contributed by atoms with Gasteiger partial charge in [0.15, 0.2) is 0 Å². The minimum atomic E-state index is 0.0190. The highest BCUT2D eigenvalue weighted by Crippen LogP contribution is 2.14. The van der Waals surface area contributed by atoms with Gasteiger partial charge in [-0.3, -0.25) is 9.89 Å². The summed E-state index contributed by atoms with van der Waals surface area (Å²) in [6.45, 7) is 3.94. The van der Waals surface area contributed by atoms with Crippen molar-refractivity contribution in [3.8, 4) is 0 Å². The molecule has 0 spiro atoms. The number of nitrogens with zero attached hydrogens (tertiary/aromatic N) is 4. The fourth-order valence-corrected chi connectivity index (χ4v) is 2.08.